The maximum Gasteiger partial charge on any atom is 0.392 e. The minimum atomic E-state index is -4.33. The molecule has 0 fully saturated rings. The van der Waals surface area contributed by atoms with Crippen LogP contribution in [0.5, 0.6) is 5.75 Å². The van der Waals surface area contributed by atoms with Gasteiger partial charge in [0.25, 0.3) is 9.05 Å². The zero-order valence-corrected chi connectivity index (χ0v) is 12.0. The standard InChI is InChI=1S/C12H9ClF3NO3S/c13-21(18,19)10-4-3-9(20-7-5-12(14,15)16)8-2-1-6-17-11(8)10/h1-4,6H,5,7H2. The molecule has 1 aromatic heterocycles. The molecule has 2 aromatic rings. The number of ether oxygens (including phenoxy) is 1. The molecule has 0 spiro atoms. The van der Waals surface area contributed by atoms with Crippen molar-refractivity contribution in [3.63, 3.8) is 0 Å². The molecule has 21 heavy (non-hydrogen) atoms. The van der Waals surface area contributed by atoms with E-state index in [4.69, 9.17) is 15.4 Å². The van der Waals surface area contributed by atoms with Crippen molar-refractivity contribution in [3.05, 3.63) is 30.5 Å². The van der Waals surface area contributed by atoms with Crippen LogP contribution >= 0.6 is 10.7 Å². The summed E-state index contributed by atoms with van der Waals surface area (Å²) in [5.74, 6) is 0.117. The molecule has 114 valence electrons. The van der Waals surface area contributed by atoms with Gasteiger partial charge in [0, 0.05) is 22.3 Å². The largest absolute Gasteiger partial charge is 0.493 e. The zero-order chi connectivity index (χ0) is 15.7. The van der Waals surface area contributed by atoms with Gasteiger partial charge in [-0.15, -0.1) is 0 Å². The summed E-state index contributed by atoms with van der Waals surface area (Å²) in [5, 5.41) is 0.279. The van der Waals surface area contributed by atoms with E-state index in [2.05, 4.69) is 4.98 Å². The van der Waals surface area contributed by atoms with Crippen molar-refractivity contribution >= 4 is 30.6 Å². The first kappa shape index (κ1) is 15.8. The Hall–Kier alpha value is -1.54. The van der Waals surface area contributed by atoms with Gasteiger partial charge in [-0.05, 0) is 24.3 Å². The van der Waals surface area contributed by atoms with Gasteiger partial charge >= 0.3 is 6.18 Å². The van der Waals surface area contributed by atoms with Gasteiger partial charge in [0.05, 0.1) is 18.5 Å². The van der Waals surface area contributed by atoms with Crippen LogP contribution in [0.3, 0.4) is 0 Å². The summed E-state index contributed by atoms with van der Waals surface area (Å²) in [5.41, 5.74) is 0.0528. The first-order chi connectivity index (χ1) is 9.68. The quantitative estimate of drug-likeness (QED) is 0.800. The van der Waals surface area contributed by atoms with Crippen molar-refractivity contribution in [1.82, 2.24) is 4.98 Å². The first-order valence-electron chi connectivity index (χ1n) is 5.70. The lowest BCUT2D eigenvalue weighted by Gasteiger charge is -2.11. The second-order valence-electron chi connectivity index (χ2n) is 4.11. The van der Waals surface area contributed by atoms with Crippen LogP contribution in [0.1, 0.15) is 6.42 Å². The average Bonchev–Trinajstić information content (AvgIpc) is 2.36. The van der Waals surface area contributed by atoms with Crippen molar-refractivity contribution in [2.24, 2.45) is 0 Å². The number of hydrogen-bond acceptors (Lipinski definition) is 4. The molecule has 0 unspecified atom stereocenters. The summed E-state index contributed by atoms with van der Waals surface area (Å²) in [6.07, 6.45) is -4.08. The number of halogens is 4. The SMILES string of the molecule is O=S(=O)(Cl)c1ccc(OCCC(F)(F)F)c2cccnc12. The average molecular weight is 340 g/mol. The Morgan fingerprint density at radius 2 is 1.95 bits per heavy atom. The Morgan fingerprint density at radius 1 is 1.24 bits per heavy atom. The summed E-state index contributed by atoms with van der Waals surface area (Å²) in [6, 6.07) is 5.43. The Balaban J connectivity index is 2.39. The fourth-order valence-electron chi connectivity index (χ4n) is 1.72. The second kappa shape index (κ2) is 5.69. The van der Waals surface area contributed by atoms with E-state index in [1.807, 2.05) is 0 Å². The molecule has 0 radical (unpaired) electrons. The number of rotatable bonds is 4. The molecule has 4 nitrogen and oxygen atoms in total. The van der Waals surface area contributed by atoms with Gasteiger partial charge in [-0.25, -0.2) is 8.42 Å². The molecule has 0 aliphatic carbocycles. The van der Waals surface area contributed by atoms with E-state index in [9.17, 15) is 21.6 Å². The van der Waals surface area contributed by atoms with Crippen molar-refractivity contribution in [2.75, 3.05) is 6.61 Å². The molecule has 1 aromatic carbocycles. The number of nitrogens with zero attached hydrogens (tertiary/aromatic N) is 1. The molecule has 9 heteroatoms. The van der Waals surface area contributed by atoms with Crippen LogP contribution in [-0.2, 0) is 9.05 Å². The first-order valence-corrected chi connectivity index (χ1v) is 8.01. The monoisotopic (exact) mass is 339 g/mol. The van der Waals surface area contributed by atoms with E-state index in [0.717, 1.165) is 6.07 Å². The number of benzene rings is 1. The van der Waals surface area contributed by atoms with Crippen molar-refractivity contribution in [2.45, 2.75) is 17.5 Å². The van der Waals surface area contributed by atoms with Crippen LogP contribution in [0.15, 0.2) is 35.4 Å². The lowest BCUT2D eigenvalue weighted by molar-refractivity contribution is -0.139. The van der Waals surface area contributed by atoms with E-state index < -0.39 is 28.3 Å². The van der Waals surface area contributed by atoms with Crippen LogP contribution in [0.25, 0.3) is 10.9 Å². The van der Waals surface area contributed by atoms with Crippen LogP contribution in [-0.4, -0.2) is 26.2 Å². The number of fused-ring (bicyclic) bond motifs is 1. The zero-order valence-electron chi connectivity index (χ0n) is 10.4. The normalized spacial score (nSPS) is 12.6. The van der Waals surface area contributed by atoms with Crippen LogP contribution < -0.4 is 4.74 Å². The van der Waals surface area contributed by atoms with Crippen LogP contribution in [0.2, 0.25) is 0 Å². The summed E-state index contributed by atoms with van der Waals surface area (Å²) >= 11 is 0. The second-order valence-corrected chi connectivity index (χ2v) is 6.65. The van der Waals surface area contributed by atoms with Gasteiger partial charge in [0.2, 0.25) is 0 Å². The van der Waals surface area contributed by atoms with E-state index in [1.54, 1.807) is 0 Å². The smallest absolute Gasteiger partial charge is 0.392 e. The van der Waals surface area contributed by atoms with Gasteiger partial charge in [0.1, 0.15) is 10.6 Å². The highest BCUT2D eigenvalue weighted by Gasteiger charge is 2.27. The Labute approximate surface area is 122 Å². The molecule has 0 saturated heterocycles. The third-order valence-electron chi connectivity index (χ3n) is 2.60. The fraction of sp³-hybridized carbons (Fsp3) is 0.250. The summed E-state index contributed by atoms with van der Waals surface area (Å²) in [6.45, 7) is -0.569. The summed E-state index contributed by atoms with van der Waals surface area (Å²) in [4.78, 5) is 3.68. The number of pyridine rings is 1. The lowest BCUT2D eigenvalue weighted by Crippen LogP contribution is -2.13. The third-order valence-corrected chi connectivity index (χ3v) is 3.95. The van der Waals surface area contributed by atoms with Gasteiger partial charge in [0.15, 0.2) is 0 Å². The van der Waals surface area contributed by atoms with E-state index in [0.29, 0.717) is 0 Å². The Morgan fingerprint density at radius 3 is 2.57 bits per heavy atom. The molecule has 0 saturated carbocycles. The van der Waals surface area contributed by atoms with E-state index in [-0.39, 0.29) is 21.5 Å². The van der Waals surface area contributed by atoms with Crippen molar-refractivity contribution < 1.29 is 26.3 Å². The van der Waals surface area contributed by atoms with Crippen molar-refractivity contribution in [3.8, 4) is 5.75 Å². The molecule has 0 atom stereocenters. The number of alkyl halides is 3. The van der Waals surface area contributed by atoms with Gasteiger partial charge in [-0.2, -0.15) is 13.2 Å². The maximum atomic E-state index is 12.1. The molecule has 0 amide bonds. The highest BCUT2D eigenvalue weighted by molar-refractivity contribution is 8.14. The predicted octanol–water partition coefficient (Wildman–Crippen LogP) is 3.49. The molecule has 0 aliphatic heterocycles. The minimum absolute atomic E-state index is 0.0528. The van der Waals surface area contributed by atoms with Gasteiger partial charge < -0.3 is 4.74 Å². The maximum absolute atomic E-state index is 12.1. The van der Waals surface area contributed by atoms with Gasteiger partial charge in [-0.3, -0.25) is 4.98 Å². The fourth-order valence-corrected chi connectivity index (χ4v) is 2.72. The number of hydrogen-bond donors (Lipinski definition) is 0. The lowest BCUT2D eigenvalue weighted by atomic mass is 10.2. The van der Waals surface area contributed by atoms with Crippen molar-refractivity contribution in [1.29, 1.82) is 0 Å². The predicted molar refractivity (Wildman–Crippen MR) is 70.9 cm³/mol. The minimum Gasteiger partial charge on any atom is -0.493 e. The molecule has 0 N–H and O–H groups in total. The van der Waals surface area contributed by atoms with Gasteiger partial charge in [-0.1, -0.05) is 0 Å². The summed E-state index contributed by atoms with van der Waals surface area (Å²) in [7, 11) is 1.28. The highest BCUT2D eigenvalue weighted by atomic mass is 35.7. The molecular formula is C12H9ClF3NO3S. The number of aromatic nitrogens is 1. The molecule has 2 rings (SSSR count). The molecule has 0 aliphatic rings. The summed E-state index contributed by atoms with van der Waals surface area (Å²) < 4.78 is 64.3. The molecule has 0 bridgehead atoms. The van der Waals surface area contributed by atoms with Crippen LogP contribution in [0, 0.1) is 0 Å². The van der Waals surface area contributed by atoms with E-state index >= 15 is 0 Å². The third kappa shape index (κ3) is 3.98. The van der Waals surface area contributed by atoms with Crippen LogP contribution in [0.4, 0.5) is 13.2 Å². The highest BCUT2D eigenvalue weighted by Crippen LogP contribution is 2.31. The molecular weight excluding hydrogens is 331 g/mol. The Kier molecular flexibility index (Phi) is 4.29. The topological polar surface area (TPSA) is 56.3 Å². The Bertz CT molecular complexity index is 762. The molecule has 1 heterocycles. The van der Waals surface area contributed by atoms with E-state index in [1.165, 1.54) is 24.4 Å².